The van der Waals surface area contributed by atoms with Gasteiger partial charge in [-0.15, -0.1) is 0 Å². The lowest BCUT2D eigenvalue weighted by molar-refractivity contribution is -0.137. The summed E-state index contributed by atoms with van der Waals surface area (Å²) < 4.78 is 42.4. The Balaban J connectivity index is 2.20. The second-order valence-electron chi connectivity index (χ2n) is 3.58. The van der Waals surface area contributed by atoms with Gasteiger partial charge >= 0.3 is 12.2 Å². The molecule has 0 amide bonds. The lowest BCUT2D eigenvalue weighted by Crippen LogP contribution is -2.04. The number of anilines is 1. The molecule has 0 saturated carbocycles. The standard InChI is InChI=1S/C11H8ClF3N4O/c1-16-9-17-8(12)18-10(19-9)20-7-4-2-6(3-5-7)11(13,14)15/h2-5H,1H3,(H,16,17,18,19). The van der Waals surface area contributed by atoms with Crippen LogP contribution in [0.3, 0.4) is 0 Å². The van der Waals surface area contributed by atoms with Crippen LogP contribution in [0.4, 0.5) is 19.1 Å². The number of nitrogens with zero attached hydrogens (tertiary/aromatic N) is 3. The third-order valence-corrected chi connectivity index (χ3v) is 2.37. The van der Waals surface area contributed by atoms with E-state index in [0.29, 0.717) is 0 Å². The van der Waals surface area contributed by atoms with E-state index < -0.39 is 11.7 Å². The lowest BCUT2D eigenvalue weighted by atomic mass is 10.2. The molecule has 0 unspecified atom stereocenters. The number of rotatable bonds is 3. The monoisotopic (exact) mass is 304 g/mol. The first-order valence-corrected chi connectivity index (χ1v) is 5.71. The van der Waals surface area contributed by atoms with E-state index in [1.54, 1.807) is 7.05 Å². The molecule has 0 aliphatic heterocycles. The minimum Gasteiger partial charge on any atom is -0.424 e. The molecule has 0 aliphatic rings. The summed E-state index contributed by atoms with van der Waals surface area (Å²) in [6.07, 6.45) is -4.39. The quantitative estimate of drug-likeness (QED) is 0.942. The summed E-state index contributed by atoms with van der Waals surface area (Å²) in [5.74, 6) is 0.342. The van der Waals surface area contributed by atoms with Gasteiger partial charge in [0.1, 0.15) is 5.75 Å². The summed E-state index contributed by atoms with van der Waals surface area (Å²) in [4.78, 5) is 11.3. The molecule has 1 heterocycles. The number of benzene rings is 1. The molecule has 0 aliphatic carbocycles. The van der Waals surface area contributed by atoms with Crippen LogP contribution in [0.1, 0.15) is 5.56 Å². The zero-order chi connectivity index (χ0) is 14.8. The number of hydrogen-bond donors (Lipinski definition) is 1. The molecular weight excluding hydrogens is 297 g/mol. The maximum absolute atomic E-state index is 12.4. The van der Waals surface area contributed by atoms with Crippen LogP contribution in [-0.4, -0.2) is 22.0 Å². The van der Waals surface area contributed by atoms with Gasteiger partial charge in [0.15, 0.2) is 0 Å². The number of nitrogens with one attached hydrogen (secondary N) is 1. The van der Waals surface area contributed by atoms with Crippen molar-refractivity contribution >= 4 is 17.5 Å². The summed E-state index contributed by atoms with van der Waals surface area (Å²) >= 11 is 5.65. The number of aromatic nitrogens is 3. The Hall–Kier alpha value is -2.09. The van der Waals surface area contributed by atoms with Gasteiger partial charge in [-0.05, 0) is 35.9 Å². The van der Waals surface area contributed by atoms with Gasteiger partial charge in [-0.2, -0.15) is 28.1 Å². The fourth-order valence-corrected chi connectivity index (χ4v) is 1.46. The topological polar surface area (TPSA) is 59.9 Å². The van der Waals surface area contributed by atoms with E-state index >= 15 is 0 Å². The minimum absolute atomic E-state index is 0.0914. The fourth-order valence-electron chi connectivity index (χ4n) is 1.31. The Labute approximate surface area is 116 Å². The molecule has 0 saturated heterocycles. The van der Waals surface area contributed by atoms with Crippen molar-refractivity contribution in [3.63, 3.8) is 0 Å². The van der Waals surface area contributed by atoms with Crippen LogP contribution in [0, 0.1) is 0 Å². The second-order valence-corrected chi connectivity index (χ2v) is 3.92. The third kappa shape index (κ3) is 3.47. The van der Waals surface area contributed by atoms with E-state index in [0.717, 1.165) is 12.1 Å². The first-order chi connectivity index (χ1) is 9.38. The number of alkyl halides is 3. The fraction of sp³-hybridized carbons (Fsp3) is 0.182. The van der Waals surface area contributed by atoms with E-state index in [2.05, 4.69) is 20.3 Å². The highest BCUT2D eigenvalue weighted by Crippen LogP contribution is 2.31. The highest BCUT2D eigenvalue weighted by Gasteiger charge is 2.30. The molecule has 0 atom stereocenters. The van der Waals surface area contributed by atoms with Gasteiger partial charge < -0.3 is 10.1 Å². The van der Waals surface area contributed by atoms with E-state index in [1.165, 1.54) is 12.1 Å². The Morgan fingerprint density at radius 2 is 1.75 bits per heavy atom. The summed E-state index contributed by atoms with van der Waals surface area (Å²) in [6, 6.07) is 4.02. The molecule has 5 nitrogen and oxygen atoms in total. The molecule has 1 aromatic heterocycles. The van der Waals surface area contributed by atoms with Gasteiger partial charge in [-0.25, -0.2) is 0 Å². The van der Waals surface area contributed by atoms with Crippen LogP contribution in [0.5, 0.6) is 11.8 Å². The molecule has 20 heavy (non-hydrogen) atoms. The van der Waals surface area contributed by atoms with Crippen LogP contribution in [-0.2, 0) is 6.18 Å². The average Bonchev–Trinajstić information content (AvgIpc) is 2.37. The van der Waals surface area contributed by atoms with Crippen molar-refractivity contribution in [1.82, 2.24) is 15.0 Å². The first kappa shape index (κ1) is 14.3. The van der Waals surface area contributed by atoms with E-state index in [9.17, 15) is 13.2 Å². The molecule has 0 bridgehead atoms. The molecule has 2 aromatic rings. The van der Waals surface area contributed by atoms with Crippen molar-refractivity contribution in [1.29, 1.82) is 0 Å². The van der Waals surface area contributed by atoms with E-state index in [-0.39, 0.29) is 23.0 Å². The highest BCUT2D eigenvalue weighted by atomic mass is 35.5. The molecular formula is C11H8ClF3N4O. The summed E-state index contributed by atoms with van der Waals surface area (Å²) in [6.45, 7) is 0. The van der Waals surface area contributed by atoms with Gasteiger partial charge in [-0.3, -0.25) is 0 Å². The molecule has 1 aromatic carbocycles. The lowest BCUT2D eigenvalue weighted by Gasteiger charge is -2.08. The summed E-state index contributed by atoms with van der Waals surface area (Å²) in [5.41, 5.74) is -0.769. The minimum atomic E-state index is -4.39. The second kappa shape index (κ2) is 5.49. The van der Waals surface area contributed by atoms with Crippen LogP contribution in [0.25, 0.3) is 0 Å². The predicted octanol–water partition coefficient (Wildman–Crippen LogP) is 3.38. The predicted molar refractivity (Wildman–Crippen MR) is 65.9 cm³/mol. The zero-order valence-corrected chi connectivity index (χ0v) is 10.8. The van der Waals surface area contributed by atoms with Crippen molar-refractivity contribution < 1.29 is 17.9 Å². The normalized spacial score (nSPS) is 11.2. The maximum atomic E-state index is 12.4. The van der Waals surface area contributed by atoms with E-state index in [1.807, 2.05) is 0 Å². The summed E-state index contributed by atoms with van der Waals surface area (Å²) in [7, 11) is 1.58. The van der Waals surface area contributed by atoms with Gasteiger partial charge in [0, 0.05) is 7.05 Å². The number of ether oxygens (including phenoxy) is 1. The largest absolute Gasteiger partial charge is 0.424 e. The Morgan fingerprint density at radius 3 is 2.30 bits per heavy atom. The van der Waals surface area contributed by atoms with Crippen molar-refractivity contribution in [3.05, 3.63) is 35.1 Å². The molecule has 2 rings (SSSR count). The van der Waals surface area contributed by atoms with Gasteiger partial charge in [0.05, 0.1) is 5.56 Å². The van der Waals surface area contributed by atoms with Crippen molar-refractivity contribution in [2.75, 3.05) is 12.4 Å². The van der Waals surface area contributed by atoms with E-state index in [4.69, 9.17) is 16.3 Å². The zero-order valence-electron chi connectivity index (χ0n) is 10.1. The first-order valence-electron chi connectivity index (χ1n) is 5.33. The number of halogens is 4. The average molecular weight is 305 g/mol. The molecule has 0 radical (unpaired) electrons. The summed E-state index contributed by atoms with van der Waals surface area (Å²) in [5, 5.41) is 2.56. The third-order valence-electron chi connectivity index (χ3n) is 2.20. The smallest absolute Gasteiger partial charge is 0.416 e. The molecule has 0 fully saturated rings. The van der Waals surface area contributed by atoms with Crippen LogP contribution in [0.15, 0.2) is 24.3 Å². The van der Waals surface area contributed by atoms with Crippen molar-refractivity contribution in [3.8, 4) is 11.8 Å². The van der Waals surface area contributed by atoms with Crippen LogP contribution < -0.4 is 10.1 Å². The highest BCUT2D eigenvalue weighted by molar-refractivity contribution is 6.28. The van der Waals surface area contributed by atoms with Gasteiger partial charge in [-0.1, -0.05) is 0 Å². The van der Waals surface area contributed by atoms with Crippen molar-refractivity contribution in [2.24, 2.45) is 0 Å². The Kier molecular flexibility index (Phi) is 3.93. The Morgan fingerprint density at radius 1 is 1.10 bits per heavy atom. The van der Waals surface area contributed by atoms with Gasteiger partial charge in [0.25, 0.3) is 0 Å². The Bertz CT molecular complexity index is 604. The van der Waals surface area contributed by atoms with Crippen LogP contribution in [0.2, 0.25) is 5.28 Å². The maximum Gasteiger partial charge on any atom is 0.416 e. The number of hydrogen-bond acceptors (Lipinski definition) is 5. The van der Waals surface area contributed by atoms with Crippen LogP contribution >= 0.6 is 11.6 Å². The van der Waals surface area contributed by atoms with Gasteiger partial charge in [0.2, 0.25) is 11.2 Å². The van der Waals surface area contributed by atoms with Crippen molar-refractivity contribution in [2.45, 2.75) is 6.18 Å². The molecule has 0 spiro atoms. The molecule has 9 heteroatoms. The SMILES string of the molecule is CNc1nc(Cl)nc(Oc2ccc(C(F)(F)F)cc2)n1. The molecule has 1 N–H and O–H groups in total. The molecule has 106 valence electrons.